The first-order chi connectivity index (χ1) is 9.90. The largest absolute Gasteiger partial charge is 0.330 e. The van der Waals surface area contributed by atoms with E-state index in [1.807, 2.05) is 6.33 Å². The fourth-order valence-corrected chi connectivity index (χ4v) is 4.04. The smallest absolute Gasteiger partial charge is 0.0951 e. The molecule has 0 radical (unpaired) electrons. The Morgan fingerprint density at radius 3 is 2.95 bits per heavy atom. The van der Waals surface area contributed by atoms with Crippen LogP contribution in [0.5, 0.6) is 0 Å². The molecule has 110 valence electrons. The molecule has 4 nitrogen and oxygen atoms in total. The van der Waals surface area contributed by atoms with Gasteiger partial charge in [-0.2, -0.15) is 0 Å². The molecule has 4 rings (SSSR count). The van der Waals surface area contributed by atoms with Gasteiger partial charge in [0.25, 0.3) is 0 Å². The maximum absolute atomic E-state index is 4.37. The first-order valence-electron chi connectivity index (χ1n) is 8.36. The Kier molecular flexibility index (Phi) is 3.52. The van der Waals surface area contributed by atoms with Crippen molar-refractivity contribution in [1.82, 2.24) is 19.8 Å². The van der Waals surface area contributed by atoms with E-state index in [2.05, 4.69) is 26.0 Å². The standard InChI is InChI=1S/C16H26N4/c1-4-16(18-7-1)13-3-2-8-19(10-13)11-15-9-17-12-20(15)14-5-6-14/h9,12-14,16,18H,1-8,10-11H2. The highest BCUT2D eigenvalue weighted by atomic mass is 15.2. The van der Waals surface area contributed by atoms with Gasteiger partial charge >= 0.3 is 0 Å². The lowest BCUT2D eigenvalue weighted by atomic mass is 9.90. The van der Waals surface area contributed by atoms with E-state index in [9.17, 15) is 0 Å². The highest BCUT2D eigenvalue weighted by Crippen LogP contribution is 2.36. The number of imidazole rings is 1. The number of aromatic nitrogens is 2. The van der Waals surface area contributed by atoms with Gasteiger partial charge < -0.3 is 9.88 Å². The molecule has 0 aromatic carbocycles. The minimum absolute atomic E-state index is 0.754. The van der Waals surface area contributed by atoms with Crippen LogP contribution in [0.4, 0.5) is 0 Å². The average Bonchev–Trinajstić information content (AvgIpc) is 3.00. The number of hydrogen-bond donors (Lipinski definition) is 1. The molecule has 1 saturated carbocycles. The second kappa shape index (κ2) is 5.49. The molecule has 2 unspecified atom stereocenters. The molecule has 2 atom stereocenters. The number of piperidine rings is 1. The monoisotopic (exact) mass is 274 g/mol. The quantitative estimate of drug-likeness (QED) is 0.913. The summed E-state index contributed by atoms with van der Waals surface area (Å²) in [6.07, 6.45) is 12.3. The maximum Gasteiger partial charge on any atom is 0.0951 e. The highest BCUT2D eigenvalue weighted by molar-refractivity contribution is 5.04. The van der Waals surface area contributed by atoms with Gasteiger partial charge in [-0.1, -0.05) is 0 Å². The van der Waals surface area contributed by atoms with Gasteiger partial charge in [-0.25, -0.2) is 4.98 Å². The number of hydrogen-bond acceptors (Lipinski definition) is 3. The molecule has 1 N–H and O–H groups in total. The van der Waals surface area contributed by atoms with Gasteiger partial charge in [0.15, 0.2) is 0 Å². The molecule has 3 heterocycles. The summed E-state index contributed by atoms with van der Waals surface area (Å²) in [6.45, 7) is 4.86. The molecule has 0 spiro atoms. The van der Waals surface area contributed by atoms with Crippen molar-refractivity contribution in [2.75, 3.05) is 19.6 Å². The number of rotatable bonds is 4. The predicted octanol–water partition coefficient (Wildman–Crippen LogP) is 2.18. The molecule has 0 amide bonds. The second-order valence-electron chi connectivity index (χ2n) is 6.86. The van der Waals surface area contributed by atoms with E-state index in [4.69, 9.17) is 0 Å². The van der Waals surface area contributed by atoms with E-state index in [0.29, 0.717) is 0 Å². The van der Waals surface area contributed by atoms with Gasteiger partial charge in [0.2, 0.25) is 0 Å². The third-order valence-corrected chi connectivity index (χ3v) is 5.28. The summed E-state index contributed by atoms with van der Waals surface area (Å²) in [5, 5.41) is 3.70. The summed E-state index contributed by atoms with van der Waals surface area (Å²) in [4.78, 5) is 7.03. The van der Waals surface area contributed by atoms with E-state index >= 15 is 0 Å². The molecule has 3 aliphatic rings. The van der Waals surface area contributed by atoms with E-state index in [1.165, 1.54) is 63.9 Å². The number of nitrogens with zero attached hydrogens (tertiary/aromatic N) is 3. The lowest BCUT2D eigenvalue weighted by molar-refractivity contribution is 0.142. The maximum atomic E-state index is 4.37. The summed E-state index contributed by atoms with van der Waals surface area (Å²) in [5.74, 6) is 0.864. The Morgan fingerprint density at radius 2 is 2.15 bits per heavy atom. The Labute approximate surface area is 121 Å². The Balaban J connectivity index is 1.39. The van der Waals surface area contributed by atoms with Crippen molar-refractivity contribution in [2.45, 2.75) is 57.2 Å². The van der Waals surface area contributed by atoms with Gasteiger partial charge in [-0.3, -0.25) is 4.90 Å². The van der Waals surface area contributed by atoms with Gasteiger partial charge in [0, 0.05) is 31.4 Å². The molecule has 20 heavy (non-hydrogen) atoms. The van der Waals surface area contributed by atoms with Crippen molar-refractivity contribution in [3.8, 4) is 0 Å². The summed E-state index contributed by atoms with van der Waals surface area (Å²) < 4.78 is 2.41. The first kappa shape index (κ1) is 12.8. The van der Waals surface area contributed by atoms with Crippen LogP contribution in [-0.4, -0.2) is 40.1 Å². The zero-order chi connectivity index (χ0) is 13.4. The van der Waals surface area contributed by atoms with Crippen LogP contribution in [0.1, 0.15) is 50.3 Å². The van der Waals surface area contributed by atoms with Crippen molar-refractivity contribution < 1.29 is 0 Å². The number of nitrogens with one attached hydrogen (secondary N) is 1. The Morgan fingerprint density at radius 1 is 1.20 bits per heavy atom. The molecule has 1 aliphatic carbocycles. The minimum Gasteiger partial charge on any atom is -0.330 e. The van der Waals surface area contributed by atoms with Gasteiger partial charge in [-0.15, -0.1) is 0 Å². The molecular formula is C16H26N4. The normalized spacial score (nSPS) is 31.8. The van der Waals surface area contributed by atoms with Crippen LogP contribution in [0.2, 0.25) is 0 Å². The molecule has 0 bridgehead atoms. The van der Waals surface area contributed by atoms with Crippen LogP contribution in [0.25, 0.3) is 0 Å². The van der Waals surface area contributed by atoms with Crippen LogP contribution in [0.3, 0.4) is 0 Å². The second-order valence-corrected chi connectivity index (χ2v) is 6.86. The molecule has 2 saturated heterocycles. The highest BCUT2D eigenvalue weighted by Gasteiger charge is 2.30. The van der Waals surface area contributed by atoms with Crippen molar-refractivity contribution in [1.29, 1.82) is 0 Å². The zero-order valence-electron chi connectivity index (χ0n) is 12.3. The fourth-order valence-electron chi connectivity index (χ4n) is 4.04. The first-order valence-corrected chi connectivity index (χ1v) is 8.36. The van der Waals surface area contributed by atoms with Crippen LogP contribution in [0, 0.1) is 5.92 Å². The predicted molar refractivity (Wildman–Crippen MR) is 79.5 cm³/mol. The molecule has 1 aromatic rings. The number of likely N-dealkylation sites (tertiary alicyclic amines) is 1. The molecule has 2 aliphatic heterocycles. The average molecular weight is 274 g/mol. The van der Waals surface area contributed by atoms with Gasteiger partial charge in [-0.05, 0) is 57.5 Å². The van der Waals surface area contributed by atoms with E-state index in [-0.39, 0.29) is 0 Å². The minimum atomic E-state index is 0.754. The summed E-state index contributed by atoms with van der Waals surface area (Å²) in [5.41, 5.74) is 1.42. The topological polar surface area (TPSA) is 33.1 Å². The van der Waals surface area contributed by atoms with Crippen LogP contribution >= 0.6 is 0 Å². The summed E-state index contributed by atoms with van der Waals surface area (Å²) in [7, 11) is 0. The molecular weight excluding hydrogens is 248 g/mol. The summed E-state index contributed by atoms with van der Waals surface area (Å²) in [6, 6.07) is 1.54. The molecule has 1 aromatic heterocycles. The lowest BCUT2D eigenvalue weighted by Gasteiger charge is -2.35. The van der Waals surface area contributed by atoms with Gasteiger partial charge in [0.05, 0.1) is 12.0 Å². The van der Waals surface area contributed by atoms with Gasteiger partial charge in [0.1, 0.15) is 0 Å². The molecule has 3 fully saturated rings. The van der Waals surface area contributed by atoms with Crippen molar-refractivity contribution in [3.63, 3.8) is 0 Å². The van der Waals surface area contributed by atoms with Crippen LogP contribution in [0.15, 0.2) is 12.5 Å². The Hall–Kier alpha value is -0.870. The van der Waals surface area contributed by atoms with Crippen molar-refractivity contribution >= 4 is 0 Å². The zero-order valence-corrected chi connectivity index (χ0v) is 12.3. The summed E-state index contributed by atoms with van der Waals surface area (Å²) >= 11 is 0. The fraction of sp³-hybridized carbons (Fsp3) is 0.812. The molecule has 4 heteroatoms. The van der Waals surface area contributed by atoms with Crippen LogP contribution < -0.4 is 5.32 Å². The lowest BCUT2D eigenvalue weighted by Crippen LogP contribution is -2.43. The van der Waals surface area contributed by atoms with E-state index < -0.39 is 0 Å². The SMILES string of the molecule is c1ncn(C2CC2)c1CN1CCCC(C2CCCN2)C1. The van der Waals surface area contributed by atoms with Crippen molar-refractivity contribution in [3.05, 3.63) is 18.2 Å². The van der Waals surface area contributed by atoms with Crippen molar-refractivity contribution in [2.24, 2.45) is 5.92 Å². The third-order valence-electron chi connectivity index (χ3n) is 5.28. The third kappa shape index (κ3) is 2.63. The van der Waals surface area contributed by atoms with E-state index in [1.54, 1.807) is 0 Å². The van der Waals surface area contributed by atoms with Crippen LogP contribution in [-0.2, 0) is 6.54 Å². The van der Waals surface area contributed by atoms with E-state index in [0.717, 1.165) is 24.5 Å². The Bertz CT molecular complexity index is 445.